The predicted molar refractivity (Wildman–Crippen MR) is 74.2 cm³/mol. The van der Waals surface area contributed by atoms with Crippen molar-refractivity contribution < 1.29 is 15.0 Å². The van der Waals surface area contributed by atoms with Crippen LogP contribution in [0.3, 0.4) is 0 Å². The molecule has 0 radical (unpaired) electrons. The molecule has 3 nitrogen and oxygen atoms in total. The van der Waals surface area contributed by atoms with Crippen LogP contribution in [0.25, 0.3) is 0 Å². The van der Waals surface area contributed by atoms with Crippen LogP contribution in [0.1, 0.15) is 56.1 Å². The Kier molecular flexibility index (Phi) is 4.25. The van der Waals surface area contributed by atoms with E-state index in [9.17, 15) is 15.0 Å². The van der Waals surface area contributed by atoms with Crippen LogP contribution in [0.4, 0.5) is 0 Å². The maximum Gasteiger partial charge on any atom is 0.336 e. The van der Waals surface area contributed by atoms with Crippen molar-refractivity contribution in [1.82, 2.24) is 0 Å². The molecule has 0 heterocycles. The summed E-state index contributed by atoms with van der Waals surface area (Å²) in [6.07, 6.45) is 4.74. The molecule has 1 aliphatic rings. The minimum absolute atomic E-state index is 0.288. The molecule has 104 valence electrons. The van der Waals surface area contributed by atoms with Crippen LogP contribution in [0, 0.1) is 0 Å². The van der Waals surface area contributed by atoms with Gasteiger partial charge in [0.15, 0.2) is 5.60 Å². The summed E-state index contributed by atoms with van der Waals surface area (Å²) in [5.74, 6) is -1.38. The summed E-state index contributed by atoms with van der Waals surface area (Å²) >= 11 is 0. The van der Waals surface area contributed by atoms with Crippen molar-refractivity contribution in [3.63, 3.8) is 0 Å². The fraction of sp³-hybridized carbons (Fsp3) is 0.562. The van der Waals surface area contributed by atoms with E-state index in [4.69, 9.17) is 0 Å². The zero-order chi connectivity index (χ0) is 13.9. The second-order valence-corrected chi connectivity index (χ2v) is 5.48. The Morgan fingerprint density at radius 1 is 1.37 bits per heavy atom. The number of carbonyl (C=O) groups is 1. The summed E-state index contributed by atoms with van der Waals surface area (Å²) in [5.41, 5.74) is 0.592. The van der Waals surface area contributed by atoms with Crippen molar-refractivity contribution in [1.29, 1.82) is 0 Å². The quantitative estimate of drug-likeness (QED) is 0.820. The number of fused-ring (bicyclic) bond motifs is 1. The number of aliphatic hydroxyl groups is 1. The molecule has 0 spiro atoms. The molecule has 1 aromatic carbocycles. The summed E-state index contributed by atoms with van der Waals surface area (Å²) in [4.78, 5) is 11.6. The van der Waals surface area contributed by atoms with Gasteiger partial charge in [0.25, 0.3) is 0 Å². The van der Waals surface area contributed by atoms with Gasteiger partial charge in [-0.25, -0.2) is 4.79 Å². The lowest BCUT2D eigenvalue weighted by Crippen LogP contribution is -2.44. The summed E-state index contributed by atoms with van der Waals surface area (Å²) < 4.78 is 0. The molecule has 0 saturated heterocycles. The number of carboxylic acids is 1. The van der Waals surface area contributed by atoms with E-state index in [1.165, 1.54) is 5.56 Å². The molecule has 2 atom stereocenters. The number of hydrogen-bond acceptors (Lipinski definition) is 2. The van der Waals surface area contributed by atoms with E-state index in [1.54, 1.807) is 0 Å². The number of rotatable bonds is 4. The number of carboxylic acid groups (broad SMARTS) is 1. The van der Waals surface area contributed by atoms with E-state index >= 15 is 0 Å². The summed E-state index contributed by atoms with van der Waals surface area (Å²) in [6.45, 7) is 1.91. The Balaban J connectivity index is 2.45. The van der Waals surface area contributed by atoms with Crippen molar-refractivity contribution in [2.45, 2.75) is 57.0 Å². The number of aliphatic carboxylic acids is 1. The van der Waals surface area contributed by atoms with Crippen molar-refractivity contribution in [3.8, 4) is 0 Å². The third-order valence-electron chi connectivity index (χ3n) is 4.20. The van der Waals surface area contributed by atoms with Gasteiger partial charge in [-0.05, 0) is 36.8 Å². The molecule has 2 N–H and O–H groups in total. The maximum atomic E-state index is 11.6. The van der Waals surface area contributed by atoms with Crippen molar-refractivity contribution >= 4 is 5.97 Å². The topological polar surface area (TPSA) is 57.5 Å². The van der Waals surface area contributed by atoms with Gasteiger partial charge >= 0.3 is 5.97 Å². The zero-order valence-corrected chi connectivity index (χ0v) is 11.4. The van der Waals surface area contributed by atoms with Crippen LogP contribution < -0.4 is 0 Å². The number of hydrogen-bond donors (Lipinski definition) is 2. The smallest absolute Gasteiger partial charge is 0.336 e. The predicted octanol–water partition coefficient (Wildman–Crippen LogP) is 3.11. The van der Waals surface area contributed by atoms with Gasteiger partial charge in [0.2, 0.25) is 0 Å². The first-order chi connectivity index (χ1) is 9.09. The Labute approximate surface area is 114 Å². The standard InChI is InChI=1S/C16H22O3/c1-2-11-16(19,15(17)18)14-10-6-4-8-12-7-3-5-9-13(12)14/h3,5,7,9,14,19H,2,4,6,8,10-11H2,1H3,(H,17,18). The summed E-state index contributed by atoms with van der Waals surface area (Å²) in [5, 5.41) is 20.2. The van der Waals surface area contributed by atoms with Gasteiger partial charge in [-0.2, -0.15) is 0 Å². The normalized spacial score (nSPS) is 22.1. The van der Waals surface area contributed by atoms with E-state index in [0.29, 0.717) is 12.8 Å². The fourth-order valence-electron chi connectivity index (χ4n) is 3.23. The average Bonchev–Trinajstić information content (AvgIpc) is 2.61. The highest BCUT2D eigenvalue weighted by Gasteiger charge is 2.44. The molecule has 3 heteroatoms. The molecule has 0 fully saturated rings. The maximum absolute atomic E-state index is 11.6. The van der Waals surface area contributed by atoms with E-state index in [1.807, 2.05) is 25.1 Å². The number of aryl methyl sites for hydroxylation is 1. The fourth-order valence-corrected chi connectivity index (χ4v) is 3.23. The van der Waals surface area contributed by atoms with Gasteiger partial charge in [0, 0.05) is 5.92 Å². The van der Waals surface area contributed by atoms with Gasteiger partial charge < -0.3 is 10.2 Å². The molecule has 19 heavy (non-hydrogen) atoms. The lowest BCUT2D eigenvalue weighted by Gasteiger charge is -2.33. The molecular weight excluding hydrogens is 240 g/mol. The highest BCUT2D eigenvalue weighted by Crippen LogP contribution is 2.40. The second kappa shape index (κ2) is 5.74. The van der Waals surface area contributed by atoms with Crippen LogP contribution in [0.15, 0.2) is 24.3 Å². The summed E-state index contributed by atoms with van der Waals surface area (Å²) in [7, 11) is 0. The molecular formula is C16H22O3. The zero-order valence-electron chi connectivity index (χ0n) is 11.4. The number of benzene rings is 1. The summed E-state index contributed by atoms with van der Waals surface area (Å²) in [6, 6.07) is 7.96. The molecule has 0 amide bonds. The first-order valence-corrected chi connectivity index (χ1v) is 7.13. The van der Waals surface area contributed by atoms with Gasteiger partial charge in [-0.1, -0.05) is 44.0 Å². The van der Waals surface area contributed by atoms with Gasteiger partial charge in [-0.3, -0.25) is 0 Å². The van der Waals surface area contributed by atoms with E-state index in [0.717, 1.165) is 31.2 Å². The van der Waals surface area contributed by atoms with E-state index in [-0.39, 0.29) is 5.92 Å². The van der Waals surface area contributed by atoms with Crippen LogP contribution >= 0.6 is 0 Å². The van der Waals surface area contributed by atoms with E-state index < -0.39 is 11.6 Å². The van der Waals surface area contributed by atoms with Gasteiger partial charge in [-0.15, -0.1) is 0 Å². The third-order valence-corrected chi connectivity index (χ3v) is 4.20. The van der Waals surface area contributed by atoms with Gasteiger partial charge in [0.1, 0.15) is 0 Å². The van der Waals surface area contributed by atoms with Crippen molar-refractivity contribution in [3.05, 3.63) is 35.4 Å². The molecule has 0 aliphatic heterocycles. The minimum atomic E-state index is -1.63. The first kappa shape index (κ1) is 14.1. The Morgan fingerprint density at radius 3 is 2.79 bits per heavy atom. The molecule has 2 rings (SSSR count). The monoisotopic (exact) mass is 262 g/mol. The van der Waals surface area contributed by atoms with Crippen LogP contribution in [-0.2, 0) is 11.2 Å². The third kappa shape index (κ3) is 2.66. The second-order valence-electron chi connectivity index (χ2n) is 5.48. The lowest BCUT2D eigenvalue weighted by molar-refractivity contribution is -0.162. The van der Waals surface area contributed by atoms with Crippen LogP contribution in [0.2, 0.25) is 0 Å². The Hall–Kier alpha value is -1.35. The molecule has 2 unspecified atom stereocenters. The van der Waals surface area contributed by atoms with Crippen molar-refractivity contribution in [2.24, 2.45) is 0 Å². The SMILES string of the molecule is CCCC(O)(C(=O)O)C1CCCCc2ccccc21. The van der Waals surface area contributed by atoms with Crippen LogP contribution in [-0.4, -0.2) is 21.8 Å². The van der Waals surface area contributed by atoms with Crippen LogP contribution in [0.5, 0.6) is 0 Å². The lowest BCUT2D eigenvalue weighted by atomic mass is 9.76. The molecule has 0 bridgehead atoms. The highest BCUT2D eigenvalue weighted by atomic mass is 16.4. The average molecular weight is 262 g/mol. The van der Waals surface area contributed by atoms with E-state index in [2.05, 4.69) is 6.07 Å². The molecule has 1 aromatic rings. The highest BCUT2D eigenvalue weighted by molar-refractivity contribution is 5.79. The van der Waals surface area contributed by atoms with Gasteiger partial charge in [0.05, 0.1) is 0 Å². The molecule has 0 saturated carbocycles. The first-order valence-electron chi connectivity index (χ1n) is 7.13. The largest absolute Gasteiger partial charge is 0.479 e. The minimum Gasteiger partial charge on any atom is -0.479 e. The Bertz CT molecular complexity index is 455. The molecule has 0 aromatic heterocycles. The Morgan fingerprint density at radius 2 is 2.11 bits per heavy atom. The molecule has 1 aliphatic carbocycles. The van der Waals surface area contributed by atoms with Crippen molar-refractivity contribution in [2.75, 3.05) is 0 Å².